The first-order chi connectivity index (χ1) is 10.7. The number of rotatable bonds is 3. The number of hydrogen-bond acceptors (Lipinski definition) is 3. The molecule has 6 heteroatoms. The number of benzene rings is 2. The molecule has 1 saturated heterocycles. The van der Waals surface area contributed by atoms with Gasteiger partial charge in [0.15, 0.2) is 0 Å². The van der Waals surface area contributed by atoms with Gasteiger partial charge < -0.3 is 0 Å². The van der Waals surface area contributed by atoms with Crippen LogP contribution in [-0.2, 0) is 4.79 Å². The number of nitrogens with zero attached hydrogens (tertiary/aromatic N) is 2. The normalized spacial score (nSPS) is 18.4. The highest BCUT2D eigenvalue weighted by atomic mass is 79.9. The molecule has 0 aromatic heterocycles. The monoisotopic (exact) mass is 438 g/mol. The van der Waals surface area contributed by atoms with Crippen molar-refractivity contribution in [1.29, 1.82) is 0 Å². The summed E-state index contributed by atoms with van der Waals surface area (Å²) in [5.41, 5.74) is 2.00. The van der Waals surface area contributed by atoms with Crippen LogP contribution in [0.15, 0.2) is 62.6 Å². The third kappa shape index (κ3) is 3.29. The molecule has 1 heterocycles. The van der Waals surface area contributed by atoms with Crippen molar-refractivity contribution < 1.29 is 4.79 Å². The Balaban J connectivity index is 1.89. The molecule has 3 rings (SSSR count). The fourth-order valence-corrected chi connectivity index (χ4v) is 4.32. The highest BCUT2D eigenvalue weighted by molar-refractivity contribution is 9.10. The summed E-state index contributed by atoms with van der Waals surface area (Å²) in [6.07, 6.45) is 1.72. The summed E-state index contributed by atoms with van der Waals surface area (Å²) in [7, 11) is 0. The fraction of sp³-hybridized carbons (Fsp3) is 0.125. The van der Waals surface area contributed by atoms with Crippen LogP contribution in [0.25, 0.3) is 0 Å². The second-order valence-corrected chi connectivity index (χ2v) is 7.47. The lowest BCUT2D eigenvalue weighted by atomic mass is 10.2. The van der Waals surface area contributed by atoms with E-state index >= 15 is 0 Å². The Bertz CT molecular complexity index is 736. The van der Waals surface area contributed by atoms with Crippen LogP contribution in [0.2, 0.25) is 0 Å². The van der Waals surface area contributed by atoms with Gasteiger partial charge in [0, 0.05) is 20.1 Å². The predicted octanol–water partition coefficient (Wildman–Crippen LogP) is 4.82. The van der Waals surface area contributed by atoms with E-state index in [4.69, 9.17) is 0 Å². The smallest absolute Gasteiger partial charge is 0.254 e. The van der Waals surface area contributed by atoms with E-state index in [1.807, 2.05) is 48.5 Å². The number of thioether (sulfide) groups is 1. The molecule has 1 amide bonds. The minimum atomic E-state index is -0.0955. The van der Waals surface area contributed by atoms with E-state index in [0.717, 1.165) is 20.1 Å². The Morgan fingerprint density at radius 2 is 1.77 bits per heavy atom. The quantitative estimate of drug-likeness (QED) is 0.642. The van der Waals surface area contributed by atoms with Crippen LogP contribution >= 0.6 is 43.6 Å². The standard InChI is InChI=1S/C16H12Br2N2OS/c17-13-7-3-1-5-11(13)9-19-20-15(21)10-22-16(20)12-6-2-4-8-14(12)18/h1-9,16H,10H2/b19-9+. The Labute approximate surface area is 150 Å². The van der Waals surface area contributed by atoms with Crippen molar-refractivity contribution >= 4 is 55.7 Å². The van der Waals surface area contributed by atoms with Crippen molar-refractivity contribution in [1.82, 2.24) is 5.01 Å². The van der Waals surface area contributed by atoms with Crippen molar-refractivity contribution in [2.75, 3.05) is 5.75 Å². The molecule has 0 aliphatic carbocycles. The second kappa shape index (κ2) is 6.98. The minimum Gasteiger partial charge on any atom is -0.272 e. The Morgan fingerprint density at radius 3 is 2.50 bits per heavy atom. The predicted molar refractivity (Wildman–Crippen MR) is 97.9 cm³/mol. The van der Waals surface area contributed by atoms with Gasteiger partial charge in [-0.25, -0.2) is 5.01 Å². The van der Waals surface area contributed by atoms with E-state index in [1.165, 1.54) is 0 Å². The molecule has 2 aromatic carbocycles. The van der Waals surface area contributed by atoms with E-state index in [1.54, 1.807) is 23.0 Å². The van der Waals surface area contributed by atoms with Gasteiger partial charge in [-0.05, 0) is 12.1 Å². The number of amides is 1. The average molecular weight is 440 g/mol. The van der Waals surface area contributed by atoms with E-state index in [2.05, 4.69) is 37.0 Å². The van der Waals surface area contributed by atoms with Crippen molar-refractivity contribution in [2.45, 2.75) is 5.37 Å². The van der Waals surface area contributed by atoms with Gasteiger partial charge in [0.25, 0.3) is 5.91 Å². The first-order valence-corrected chi connectivity index (χ1v) is 9.27. The molecule has 0 saturated carbocycles. The van der Waals surface area contributed by atoms with E-state index < -0.39 is 0 Å². The summed E-state index contributed by atoms with van der Waals surface area (Å²) < 4.78 is 1.94. The molecule has 0 bridgehead atoms. The molecule has 1 atom stereocenters. The molecule has 112 valence electrons. The topological polar surface area (TPSA) is 32.7 Å². The van der Waals surface area contributed by atoms with Crippen LogP contribution in [0.3, 0.4) is 0 Å². The molecule has 1 fully saturated rings. The molecular formula is C16H12Br2N2OS. The van der Waals surface area contributed by atoms with Crippen LogP contribution in [0.5, 0.6) is 0 Å². The molecule has 0 spiro atoms. The minimum absolute atomic E-state index is 0.0223. The second-order valence-electron chi connectivity index (χ2n) is 4.69. The first-order valence-electron chi connectivity index (χ1n) is 6.63. The largest absolute Gasteiger partial charge is 0.272 e. The van der Waals surface area contributed by atoms with Crippen LogP contribution in [0.4, 0.5) is 0 Å². The van der Waals surface area contributed by atoms with Gasteiger partial charge in [0.2, 0.25) is 0 Å². The Kier molecular flexibility index (Phi) is 5.00. The lowest BCUT2D eigenvalue weighted by molar-refractivity contribution is -0.128. The third-order valence-electron chi connectivity index (χ3n) is 3.24. The number of carbonyl (C=O) groups is 1. The maximum atomic E-state index is 12.1. The van der Waals surface area contributed by atoms with Gasteiger partial charge in [0.1, 0.15) is 5.37 Å². The molecule has 22 heavy (non-hydrogen) atoms. The van der Waals surface area contributed by atoms with Crippen LogP contribution < -0.4 is 0 Å². The zero-order valence-electron chi connectivity index (χ0n) is 11.4. The highest BCUT2D eigenvalue weighted by Crippen LogP contribution is 2.41. The zero-order chi connectivity index (χ0) is 15.5. The summed E-state index contributed by atoms with van der Waals surface area (Å²) in [4.78, 5) is 12.1. The van der Waals surface area contributed by atoms with Gasteiger partial charge in [-0.3, -0.25) is 4.79 Å². The fourth-order valence-electron chi connectivity index (χ4n) is 2.14. The van der Waals surface area contributed by atoms with Crippen LogP contribution in [0, 0.1) is 0 Å². The van der Waals surface area contributed by atoms with Gasteiger partial charge in [-0.1, -0.05) is 68.3 Å². The van der Waals surface area contributed by atoms with Gasteiger partial charge >= 0.3 is 0 Å². The van der Waals surface area contributed by atoms with Gasteiger partial charge in [-0.15, -0.1) is 11.8 Å². The summed E-state index contributed by atoms with van der Waals surface area (Å²) >= 11 is 8.62. The first kappa shape index (κ1) is 15.8. The summed E-state index contributed by atoms with van der Waals surface area (Å²) in [6, 6.07) is 15.7. The molecule has 2 aromatic rings. The van der Waals surface area contributed by atoms with Gasteiger partial charge in [-0.2, -0.15) is 5.10 Å². The lowest BCUT2D eigenvalue weighted by Crippen LogP contribution is -2.23. The van der Waals surface area contributed by atoms with E-state index in [-0.39, 0.29) is 11.3 Å². The van der Waals surface area contributed by atoms with Crippen LogP contribution in [-0.4, -0.2) is 22.9 Å². The lowest BCUT2D eigenvalue weighted by Gasteiger charge is -2.20. The highest BCUT2D eigenvalue weighted by Gasteiger charge is 2.33. The van der Waals surface area contributed by atoms with Crippen molar-refractivity contribution in [3.8, 4) is 0 Å². The maximum absolute atomic E-state index is 12.1. The van der Waals surface area contributed by atoms with Crippen molar-refractivity contribution in [3.05, 3.63) is 68.6 Å². The Morgan fingerprint density at radius 1 is 1.09 bits per heavy atom. The molecule has 1 aliphatic rings. The average Bonchev–Trinajstić information content (AvgIpc) is 2.88. The number of hydrogen-bond donors (Lipinski definition) is 0. The maximum Gasteiger partial charge on any atom is 0.254 e. The number of hydrazone groups is 1. The summed E-state index contributed by atoms with van der Waals surface area (Å²) in [6.45, 7) is 0. The Hall–Kier alpha value is -1.11. The van der Waals surface area contributed by atoms with Crippen LogP contribution in [0.1, 0.15) is 16.5 Å². The number of carbonyl (C=O) groups excluding carboxylic acids is 1. The van der Waals surface area contributed by atoms with E-state index in [9.17, 15) is 4.79 Å². The molecule has 1 unspecified atom stereocenters. The molecule has 1 aliphatic heterocycles. The molecular weight excluding hydrogens is 428 g/mol. The third-order valence-corrected chi connectivity index (χ3v) is 5.87. The SMILES string of the molecule is O=C1CSC(c2ccccc2Br)N1/N=C/c1ccccc1Br. The van der Waals surface area contributed by atoms with Crippen molar-refractivity contribution in [3.63, 3.8) is 0 Å². The van der Waals surface area contributed by atoms with Gasteiger partial charge in [0.05, 0.1) is 12.0 Å². The number of halogens is 2. The summed E-state index contributed by atoms with van der Waals surface area (Å²) in [5.74, 6) is 0.466. The molecule has 3 nitrogen and oxygen atoms in total. The summed E-state index contributed by atoms with van der Waals surface area (Å²) in [5, 5.41) is 5.89. The molecule has 0 radical (unpaired) electrons. The van der Waals surface area contributed by atoms with Crippen molar-refractivity contribution in [2.24, 2.45) is 5.10 Å². The molecule has 0 N–H and O–H groups in total. The van der Waals surface area contributed by atoms with E-state index in [0.29, 0.717) is 5.75 Å². The zero-order valence-corrected chi connectivity index (χ0v) is 15.4.